The van der Waals surface area contributed by atoms with E-state index in [1.165, 1.54) is 6.42 Å². The standard InChI is InChI=1S/C5H10.C3H9N.ClH/c1-3-5-4-2;1-4(2)3;/h3H,1,4-5H2,2H3;1-3H3;1H. The molecule has 2 heteroatoms. The third-order valence-corrected chi connectivity index (χ3v) is 0.493. The zero-order chi connectivity index (χ0) is 7.70. The van der Waals surface area contributed by atoms with Gasteiger partial charge in [0, 0.05) is 0 Å². The fraction of sp³-hybridized carbons (Fsp3) is 0.750. The van der Waals surface area contributed by atoms with Gasteiger partial charge in [0.05, 0.1) is 0 Å². The molecule has 0 amide bonds. The quantitative estimate of drug-likeness (QED) is 0.569. The first kappa shape index (κ1) is 16.5. The van der Waals surface area contributed by atoms with Gasteiger partial charge in [0.1, 0.15) is 0 Å². The Morgan fingerprint density at radius 1 is 1.30 bits per heavy atom. The van der Waals surface area contributed by atoms with Crippen molar-refractivity contribution in [1.29, 1.82) is 0 Å². The second kappa shape index (κ2) is 16.0. The zero-order valence-corrected chi connectivity index (χ0v) is 8.37. The Hall–Kier alpha value is -0.0100. The van der Waals surface area contributed by atoms with Gasteiger partial charge in [0.25, 0.3) is 0 Å². The smallest absolute Gasteiger partial charge is 0.0140 e. The average molecular weight is 166 g/mol. The summed E-state index contributed by atoms with van der Waals surface area (Å²) in [6.45, 7) is 5.69. The predicted molar refractivity (Wildman–Crippen MR) is 52.0 cm³/mol. The van der Waals surface area contributed by atoms with E-state index < -0.39 is 0 Å². The lowest BCUT2D eigenvalue weighted by Gasteiger charge is -1.90. The van der Waals surface area contributed by atoms with Crippen molar-refractivity contribution in [3.63, 3.8) is 0 Å². The molecular formula is C8H20ClN. The number of allylic oxidation sites excluding steroid dienone is 1. The Kier molecular flexibility index (Phi) is 26.4. The Bertz CT molecular complexity index is 50.5. The molecule has 0 aliphatic heterocycles. The molecule has 0 aromatic heterocycles. The number of rotatable bonds is 2. The summed E-state index contributed by atoms with van der Waals surface area (Å²) in [5.74, 6) is 0. The molecule has 64 valence electrons. The van der Waals surface area contributed by atoms with E-state index in [-0.39, 0.29) is 12.4 Å². The van der Waals surface area contributed by atoms with Crippen LogP contribution in [0.3, 0.4) is 0 Å². The molecule has 0 fully saturated rings. The van der Waals surface area contributed by atoms with Crippen molar-refractivity contribution in [1.82, 2.24) is 4.90 Å². The normalized spacial score (nSPS) is 7.30. The summed E-state index contributed by atoms with van der Waals surface area (Å²) in [6.07, 6.45) is 4.31. The molecule has 0 aliphatic rings. The van der Waals surface area contributed by atoms with E-state index in [0.29, 0.717) is 0 Å². The highest BCUT2D eigenvalue weighted by atomic mass is 35.5. The van der Waals surface area contributed by atoms with Crippen LogP contribution in [0.15, 0.2) is 12.7 Å². The maximum Gasteiger partial charge on any atom is -0.0140 e. The first-order valence-electron chi connectivity index (χ1n) is 3.37. The van der Waals surface area contributed by atoms with Crippen molar-refractivity contribution in [3.05, 3.63) is 12.7 Å². The van der Waals surface area contributed by atoms with Crippen LogP contribution >= 0.6 is 12.4 Å². The Labute approximate surface area is 71.5 Å². The van der Waals surface area contributed by atoms with Crippen LogP contribution in [0.25, 0.3) is 0 Å². The first-order chi connectivity index (χ1) is 4.15. The average Bonchev–Trinajstić information content (AvgIpc) is 1.66. The van der Waals surface area contributed by atoms with Crippen molar-refractivity contribution in [2.45, 2.75) is 19.8 Å². The van der Waals surface area contributed by atoms with E-state index in [0.717, 1.165) is 6.42 Å². The summed E-state index contributed by atoms with van der Waals surface area (Å²) in [6, 6.07) is 0. The van der Waals surface area contributed by atoms with Gasteiger partial charge in [-0.3, -0.25) is 0 Å². The lowest BCUT2D eigenvalue weighted by Crippen LogP contribution is -1.99. The molecule has 0 aromatic rings. The summed E-state index contributed by atoms with van der Waals surface area (Å²) >= 11 is 0. The molecule has 0 bridgehead atoms. The first-order valence-corrected chi connectivity index (χ1v) is 3.37. The molecule has 0 saturated carbocycles. The summed E-state index contributed by atoms with van der Waals surface area (Å²) in [5.41, 5.74) is 0. The molecule has 0 unspecified atom stereocenters. The van der Waals surface area contributed by atoms with Crippen LogP contribution in [0.4, 0.5) is 0 Å². The molecular weight excluding hydrogens is 146 g/mol. The van der Waals surface area contributed by atoms with Gasteiger partial charge in [-0.2, -0.15) is 0 Å². The topological polar surface area (TPSA) is 3.24 Å². The maximum absolute atomic E-state index is 3.55. The molecule has 0 radical (unpaired) electrons. The van der Waals surface area contributed by atoms with Crippen molar-refractivity contribution >= 4 is 12.4 Å². The molecule has 0 spiro atoms. The van der Waals surface area contributed by atoms with E-state index in [4.69, 9.17) is 0 Å². The molecule has 0 saturated heterocycles. The number of unbranched alkanes of at least 4 members (excludes halogenated alkanes) is 1. The van der Waals surface area contributed by atoms with E-state index in [1.807, 2.05) is 32.1 Å². The van der Waals surface area contributed by atoms with Gasteiger partial charge in [-0.05, 0) is 27.6 Å². The van der Waals surface area contributed by atoms with Crippen molar-refractivity contribution in [2.24, 2.45) is 0 Å². The number of hydrogen-bond donors (Lipinski definition) is 0. The van der Waals surface area contributed by atoms with Gasteiger partial charge in [-0.1, -0.05) is 19.4 Å². The summed E-state index contributed by atoms with van der Waals surface area (Å²) in [7, 11) is 6.00. The Morgan fingerprint density at radius 2 is 1.60 bits per heavy atom. The van der Waals surface area contributed by atoms with E-state index in [9.17, 15) is 0 Å². The summed E-state index contributed by atoms with van der Waals surface area (Å²) in [5, 5.41) is 0. The fourth-order valence-electron chi connectivity index (χ4n) is 0.204. The van der Waals surface area contributed by atoms with Crippen molar-refractivity contribution in [3.8, 4) is 0 Å². The van der Waals surface area contributed by atoms with Gasteiger partial charge in [-0.15, -0.1) is 19.0 Å². The van der Waals surface area contributed by atoms with Crippen LogP contribution in [-0.2, 0) is 0 Å². The van der Waals surface area contributed by atoms with Gasteiger partial charge < -0.3 is 4.90 Å². The highest BCUT2D eigenvalue weighted by molar-refractivity contribution is 5.85. The summed E-state index contributed by atoms with van der Waals surface area (Å²) < 4.78 is 0. The predicted octanol–water partition coefficient (Wildman–Crippen LogP) is 2.57. The largest absolute Gasteiger partial charge is 0.312 e. The SMILES string of the molecule is C=CCCC.CN(C)C.Cl. The van der Waals surface area contributed by atoms with Gasteiger partial charge in [0.15, 0.2) is 0 Å². The van der Waals surface area contributed by atoms with Gasteiger partial charge in [0.2, 0.25) is 0 Å². The van der Waals surface area contributed by atoms with Gasteiger partial charge in [-0.25, -0.2) is 0 Å². The van der Waals surface area contributed by atoms with Crippen molar-refractivity contribution < 1.29 is 0 Å². The second-order valence-corrected chi connectivity index (χ2v) is 2.42. The second-order valence-electron chi connectivity index (χ2n) is 2.42. The van der Waals surface area contributed by atoms with Gasteiger partial charge >= 0.3 is 0 Å². The van der Waals surface area contributed by atoms with Crippen molar-refractivity contribution in [2.75, 3.05) is 21.1 Å². The van der Waals surface area contributed by atoms with E-state index in [1.54, 1.807) is 0 Å². The minimum absolute atomic E-state index is 0. The zero-order valence-electron chi connectivity index (χ0n) is 7.55. The number of hydrogen-bond acceptors (Lipinski definition) is 1. The molecule has 0 aliphatic carbocycles. The Balaban J connectivity index is -0.0000000910. The third kappa shape index (κ3) is 98.6. The maximum atomic E-state index is 3.55. The molecule has 0 heterocycles. The Morgan fingerprint density at radius 3 is 1.60 bits per heavy atom. The number of nitrogens with zero attached hydrogens (tertiary/aromatic N) is 1. The molecule has 0 N–H and O–H groups in total. The summed E-state index contributed by atoms with van der Waals surface area (Å²) in [4.78, 5) is 2.00. The minimum atomic E-state index is 0. The van der Waals surface area contributed by atoms with Crippen LogP contribution in [0, 0.1) is 0 Å². The lowest BCUT2D eigenvalue weighted by atomic mass is 10.3. The molecule has 0 rings (SSSR count). The van der Waals surface area contributed by atoms with Crippen LogP contribution in [0.2, 0.25) is 0 Å². The molecule has 10 heavy (non-hydrogen) atoms. The van der Waals surface area contributed by atoms with Crippen LogP contribution in [-0.4, -0.2) is 26.0 Å². The fourth-order valence-corrected chi connectivity index (χ4v) is 0.204. The molecule has 1 nitrogen and oxygen atoms in total. The highest BCUT2D eigenvalue weighted by Crippen LogP contribution is 1.82. The third-order valence-electron chi connectivity index (χ3n) is 0.493. The monoisotopic (exact) mass is 165 g/mol. The van der Waals surface area contributed by atoms with E-state index in [2.05, 4.69) is 13.5 Å². The molecule has 0 atom stereocenters. The molecule has 0 aromatic carbocycles. The van der Waals surface area contributed by atoms with Crippen LogP contribution in [0.1, 0.15) is 19.8 Å². The lowest BCUT2D eigenvalue weighted by molar-refractivity contribution is 0.505. The number of halogens is 1. The van der Waals surface area contributed by atoms with Crippen LogP contribution in [0.5, 0.6) is 0 Å². The van der Waals surface area contributed by atoms with Crippen LogP contribution < -0.4 is 0 Å². The highest BCUT2D eigenvalue weighted by Gasteiger charge is 1.61. The minimum Gasteiger partial charge on any atom is -0.312 e. The van der Waals surface area contributed by atoms with E-state index >= 15 is 0 Å².